The summed E-state index contributed by atoms with van der Waals surface area (Å²) in [4.78, 5) is 0. The summed E-state index contributed by atoms with van der Waals surface area (Å²) in [5, 5.41) is 16.3. The first kappa shape index (κ1) is 16.8. The highest BCUT2D eigenvalue weighted by Crippen LogP contribution is 2.18. The zero-order valence-corrected chi connectivity index (χ0v) is 13.3. The number of hydrogen-bond acceptors (Lipinski definition) is 6. The first-order valence-electron chi connectivity index (χ1n) is 6.91. The number of nitrogens with zero attached hydrogens (tertiary/aromatic N) is 4. The second kappa shape index (κ2) is 8.81. The fourth-order valence-corrected chi connectivity index (χ4v) is 4.51. The Labute approximate surface area is 120 Å². The van der Waals surface area contributed by atoms with Gasteiger partial charge in [0.2, 0.25) is 0 Å². The summed E-state index contributed by atoms with van der Waals surface area (Å²) in [6.45, 7) is 8.22. The van der Waals surface area contributed by atoms with Gasteiger partial charge in [-0.1, -0.05) is 5.21 Å². The number of nitriles is 1. The van der Waals surface area contributed by atoms with Crippen molar-refractivity contribution < 1.29 is 13.3 Å². The van der Waals surface area contributed by atoms with Gasteiger partial charge in [-0.25, -0.2) is 0 Å². The Morgan fingerprint density at radius 2 is 1.80 bits per heavy atom. The van der Waals surface area contributed by atoms with Crippen molar-refractivity contribution in [2.24, 2.45) is 0 Å². The summed E-state index contributed by atoms with van der Waals surface area (Å²) in [7, 11) is -2.58. The van der Waals surface area contributed by atoms with E-state index in [4.69, 9.17) is 18.5 Å². The van der Waals surface area contributed by atoms with Crippen LogP contribution < -0.4 is 0 Å². The predicted octanol–water partition coefficient (Wildman–Crippen LogP) is 1.59. The van der Waals surface area contributed by atoms with Gasteiger partial charge in [0.1, 0.15) is 6.07 Å². The van der Waals surface area contributed by atoms with Gasteiger partial charge >= 0.3 is 8.80 Å². The molecule has 0 saturated heterocycles. The molecule has 1 heterocycles. The molecular formula is C12H22N4O3Si. The quantitative estimate of drug-likeness (QED) is 0.610. The standard InChI is InChI=1S/C12H22N4O3Si/c1-4-17-20(18-5-2,19-6-3)9-7-8-16-11-12(10-13)14-15-16/h11H,4-9H2,1-3H3. The molecule has 0 N–H and O–H groups in total. The van der Waals surface area contributed by atoms with Crippen molar-refractivity contribution in [1.82, 2.24) is 15.0 Å². The molecule has 0 atom stereocenters. The molecule has 8 heteroatoms. The molecular weight excluding hydrogens is 276 g/mol. The van der Waals surface area contributed by atoms with E-state index >= 15 is 0 Å². The van der Waals surface area contributed by atoms with Crippen molar-refractivity contribution in [1.29, 1.82) is 5.26 Å². The van der Waals surface area contributed by atoms with Gasteiger partial charge in [0.25, 0.3) is 0 Å². The summed E-state index contributed by atoms with van der Waals surface area (Å²) >= 11 is 0. The molecule has 1 aromatic rings. The molecule has 0 fully saturated rings. The van der Waals surface area contributed by atoms with E-state index in [9.17, 15) is 0 Å². The number of aromatic nitrogens is 3. The van der Waals surface area contributed by atoms with E-state index in [0.29, 0.717) is 32.1 Å². The topological polar surface area (TPSA) is 82.2 Å². The van der Waals surface area contributed by atoms with E-state index in [2.05, 4.69) is 10.3 Å². The van der Waals surface area contributed by atoms with Crippen molar-refractivity contribution in [3.8, 4) is 6.07 Å². The lowest BCUT2D eigenvalue weighted by molar-refractivity contribution is 0.0704. The average Bonchev–Trinajstić information content (AvgIpc) is 2.88. The van der Waals surface area contributed by atoms with Gasteiger partial charge in [-0.05, 0) is 27.2 Å². The fourth-order valence-electron chi connectivity index (χ4n) is 1.92. The smallest absolute Gasteiger partial charge is 0.374 e. The van der Waals surface area contributed by atoms with Crippen LogP contribution >= 0.6 is 0 Å². The summed E-state index contributed by atoms with van der Waals surface area (Å²) in [5.41, 5.74) is 0.327. The normalized spacial score (nSPS) is 11.5. The lowest BCUT2D eigenvalue weighted by Gasteiger charge is -2.28. The SMILES string of the molecule is CCO[Si](CCCn1cc(C#N)nn1)(OCC)OCC. The summed E-state index contributed by atoms with van der Waals surface area (Å²) in [6.07, 6.45) is 2.44. The summed E-state index contributed by atoms with van der Waals surface area (Å²) in [5.74, 6) is 0. The van der Waals surface area contributed by atoms with Crippen molar-refractivity contribution in [2.75, 3.05) is 19.8 Å². The summed E-state index contributed by atoms with van der Waals surface area (Å²) < 4.78 is 19.0. The van der Waals surface area contributed by atoms with Crippen molar-refractivity contribution in [3.63, 3.8) is 0 Å². The number of aryl methyl sites for hydroxylation is 1. The molecule has 0 spiro atoms. The Balaban J connectivity index is 2.54. The lowest BCUT2D eigenvalue weighted by Crippen LogP contribution is -2.46. The third kappa shape index (κ3) is 5.01. The minimum absolute atomic E-state index is 0.327. The second-order valence-corrected chi connectivity index (χ2v) is 6.80. The maximum absolute atomic E-state index is 8.70. The first-order valence-corrected chi connectivity index (χ1v) is 8.85. The van der Waals surface area contributed by atoms with Crippen LogP contribution in [0, 0.1) is 11.3 Å². The van der Waals surface area contributed by atoms with Crippen LogP contribution in [0.1, 0.15) is 32.9 Å². The monoisotopic (exact) mass is 298 g/mol. The molecule has 0 aliphatic heterocycles. The van der Waals surface area contributed by atoms with Gasteiger partial charge in [-0.15, -0.1) is 5.10 Å². The molecule has 0 aromatic carbocycles. The van der Waals surface area contributed by atoms with Crippen LogP contribution in [0.25, 0.3) is 0 Å². The Bertz CT molecular complexity index is 416. The minimum Gasteiger partial charge on any atom is -0.374 e. The molecule has 7 nitrogen and oxygen atoms in total. The van der Waals surface area contributed by atoms with Crippen molar-refractivity contribution in [2.45, 2.75) is 39.8 Å². The van der Waals surface area contributed by atoms with Crippen LogP contribution in [-0.4, -0.2) is 43.6 Å². The molecule has 0 unspecified atom stereocenters. The maximum Gasteiger partial charge on any atom is 0.500 e. The molecule has 1 rings (SSSR count). The van der Waals surface area contributed by atoms with Crippen LogP contribution in [0.15, 0.2) is 6.20 Å². The maximum atomic E-state index is 8.70. The van der Waals surface area contributed by atoms with Gasteiger partial charge in [0.15, 0.2) is 5.69 Å². The molecule has 0 aliphatic carbocycles. The highest BCUT2D eigenvalue weighted by Gasteiger charge is 2.39. The van der Waals surface area contributed by atoms with E-state index in [-0.39, 0.29) is 0 Å². The van der Waals surface area contributed by atoms with Gasteiger partial charge in [0, 0.05) is 32.4 Å². The van der Waals surface area contributed by atoms with E-state index in [0.717, 1.165) is 12.5 Å². The van der Waals surface area contributed by atoms with E-state index in [1.165, 1.54) is 0 Å². The van der Waals surface area contributed by atoms with Crippen LogP contribution in [0.2, 0.25) is 6.04 Å². The van der Waals surface area contributed by atoms with E-state index < -0.39 is 8.80 Å². The molecule has 0 amide bonds. The van der Waals surface area contributed by atoms with Crippen molar-refractivity contribution in [3.05, 3.63) is 11.9 Å². The molecule has 1 aromatic heterocycles. The Kier molecular flexibility index (Phi) is 7.39. The molecule has 0 saturated carbocycles. The van der Waals surface area contributed by atoms with Gasteiger partial charge in [-0.3, -0.25) is 4.68 Å². The zero-order valence-electron chi connectivity index (χ0n) is 12.3. The van der Waals surface area contributed by atoms with Crippen molar-refractivity contribution >= 4 is 8.80 Å². The van der Waals surface area contributed by atoms with E-state index in [1.807, 2.05) is 26.8 Å². The Morgan fingerprint density at radius 1 is 1.20 bits per heavy atom. The lowest BCUT2D eigenvalue weighted by atomic mass is 10.5. The average molecular weight is 298 g/mol. The molecule has 0 radical (unpaired) electrons. The fraction of sp³-hybridized carbons (Fsp3) is 0.750. The van der Waals surface area contributed by atoms with Gasteiger partial charge < -0.3 is 13.3 Å². The van der Waals surface area contributed by atoms with E-state index in [1.54, 1.807) is 10.9 Å². The second-order valence-electron chi connectivity index (χ2n) is 4.06. The largest absolute Gasteiger partial charge is 0.500 e. The molecule has 0 bridgehead atoms. The minimum atomic E-state index is -2.58. The molecule has 112 valence electrons. The van der Waals surface area contributed by atoms with Crippen LogP contribution in [0.4, 0.5) is 0 Å². The highest BCUT2D eigenvalue weighted by molar-refractivity contribution is 6.60. The Morgan fingerprint density at radius 3 is 2.25 bits per heavy atom. The molecule has 0 aliphatic rings. The predicted molar refractivity (Wildman–Crippen MR) is 74.8 cm³/mol. The van der Waals surface area contributed by atoms with Crippen LogP contribution in [0.5, 0.6) is 0 Å². The van der Waals surface area contributed by atoms with Crippen LogP contribution in [0.3, 0.4) is 0 Å². The Hall–Kier alpha value is -1.27. The molecule has 20 heavy (non-hydrogen) atoms. The van der Waals surface area contributed by atoms with Gasteiger partial charge in [-0.2, -0.15) is 5.26 Å². The first-order chi connectivity index (χ1) is 9.69. The summed E-state index contributed by atoms with van der Waals surface area (Å²) in [6, 6.07) is 2.68. The third-order valence-electron chi connectivity index (χ3n) is 2.62. The van der Waals surface area contributed by atoms with Gasteiger partial charge in [0.05, 0.1) is 6.20 Å². The number of hydrogen-bond donors (Lipinski definition) is 0. The zero-order chi connectivity index (χ0) is 14.8. The van der Waals surface area contributed by atoms with Crippen LogP contribution in [-0.2, 0) is 19.8 Å². The third-order valence-corrected chi connectivity index (χ3v) is 5.77. The number of rotatable bonds is 10. The highest BCUT2D eigenvalue weighted by atomic mass is 28.4.